The van der Waals surface area contributed by atoms with Gasteiger partial charge >= 0.3 is 0 Å². The number of carbonyl (C=O) groups excluding carboxylic acids is 2. The highest BCUT2D eigenvalue weighted by Crippen LogP contribution is 2.22. The fraction of sp³-hybridized carbons (Fsp3) is 0.320. The maximum atomic E-state index is 12.6. The Kier molecular flexibility index (Phi) is 7.51. The number of hydrogen-bond acceptors (Lipinski definition) is 5. The number of likely N-dealkylation sites (tertiary alicyclic amines) is 1. The summed E-state index contributed by atoms with van der Waals surface area (Å²) in [6.45, 7) is 2.02. The van der Waals surface area contributed by atoms with Crippen LogP contribution in [0, 0.1) is 5.92 Å². The van der Waals surface area contributed by atoms with E-state index >= 15 is 0 Å². The van der Waals surface area contributed by atoms with Gasteiger partial charge in [0.2, 0.25) is 11.8 Å². The summed E-state index contributed by atoms with van der Waals surface area (Å²) in [6.07, 6.45) is 1.72. The van der Waals surface area contributed by atoms with E-state index in [0.717, 1.165) is 22.0 Å². The SMILES string of the molecule is O=C(NCc1nc(-c2ccccc2)cs1)C1CCN(C(=O)CCOc2ccccc2)CC1. The number of nitrogens with one attached hydrogen (secondary N) is 1. The van der Waals surface area contributed by atoms with Crippen molar-refractivity contribution in [3.05, 3.63) is 71.1 Å². The van der Waals surface area contributed by atoms with Crippen molar-refractivity contribution in [1.29, 1.82) is 0 Å². The molecule has 7 heteroatoms. The van der Waals surface area contributed by atoms with Gasteiger partial charge in [0.25, 0.3) is 0 Å². The van der Waals surface area contributed by atoms with E-state index < -0.39 is 0 Å². The van der Waals surface area contributed by atoms with Gasteiger partial charge in [0.15, 0.2) is 0 Å². The van der Waals surface area contributed by atoms with Gasteiger partial charge in [-0.2, -0.15) is 0 Å². The number of amides is 2. The van der Waals surface area contributed by atoms with Gasteiger partial charge in [0, 0.05) is 30.0 Å². The van der Waals surface area contributed by atoms with Crippen LogP contribution >= 0.6 is 11.3 Å². The summed E-state index contributed by atoms with van der Waals surface area (Å²) in [5.41, 5.74) is 2.01. The number of ether oxygens (including phenoxy) is 1. The van der Waals surface area contributed by atoms with E-state index in [-0.39, 0.29) is 17.7 Å². The summed E-state index contributed by atoms with van der Waals surface area (Å²) in [4.78, 5) is 31.5. The van der Waals surface area contributed by atoms with E-state index in [2.05, 4.69) is 10.3 Å². The second-order valence-corrected chi connectivity index (χ2v) is 8.72. The Labute approximate surface area is 192 Å². The Hall–Kier alpha value is -3.19. The monoisotopic (exact) mass is 449 g/mol. The number of thiazole rings is 1. The minimum Gasteiger partial charge on any atom is -0.493 e. The summed E-state index contributed by atoms with van der Waals surface area (Å²) in [5, 5.41) is 5.92. The Morgan fingerprint density at radius 3 is 2.44 bits per heavy atom. The van der Waals surface area contributed by atoms with Gasteiger partial charge < -0.3 is 15.0 Å². The van der Waals surface area contributed by atoms with Crippen LogP contribution in [0.25, 0.3) is 11.3 Å². The van der Waals surface area contributed by atoms with Crippen molar-refractivity contribution < 1.29 is 14.3 Å². The smallest absolute Gasteiger partial charge is 0.225 e. The number of para-hydroxylation sites is 1. The lowest BCUT2D eigenvalue weighted by Crippen LogP contribution is -2.43. The maximum absolute atomic E-state index is 12.6. The molecule has 0 atom stereocenters. The molecule has 2 aromatic carbocycles. The molecule has 4 rings (SSSR count). The topological polar surface area (TPSA) is 71.5 Å². The van der Waals surface area contributed by atoms with Crippen LogP contribution in [0.2, 0.25) is 0 Å². The summed E-state index contributed by atoms with van der Waals surface area (Å²) in [7, 11) is 0. The summed E-state index contributed by atoms with van der Waals surface area (Å²) in [6, 6.07) is 19.5. The number of hydrogen-bond donors (Lipinski definition) is 1. The van der Waals surface area contributed by atoms with E-state index in [4.69, 9.17) is 4.74 Å². The third-order valence-electron chi connectivity index (χ3n) is 5.58. The summed E-state index contributed by atoms with van der Waals surface area (Å²) in [5.74, 6) is 0.831. The van der Waals surface area contributed by atoms with Gasteiger partial charge in [-0.15, -0.1) is 11.3 Å². The quantitative estimate of drug-likeness (QED) is 0.561. The molecule has 0 saturated carbocycles. The van der Waals surface area contributed by atoms with Crippen molar-refractivity contribution in [3.63, 3.8) is 0 Å². The van der Waals surface area contributed by atoms with Gasteiger partial charge in [-0.05, 0) is 25.0 Å². The predicted molar refractivity (Wildman–Crippen MR) is 125 cm³/mol. The molecule has 0 spiro atoms. The average molecular weight is 450 g/mol. The molecule has 6 nitrogen and oxygen atoms in total. The molecule has 1 saturated heterocycles. The molecule has 1 aliphatic rings. The van der Waals surface area contributed by atoms with Crippen LogP contribution in [0.4, 0.5) is 0 Å². The number of piperidine rings is 1. The van der Waals surface area contributed by atoms with Gasteiger partial charge in [0.05, 0.1) is 25.3 Å². The van der Waals surface area contributed by atoms with Gasteiger partial charge in [-0.1, -0.05) is 48.5 Å². The minimum atomic E-state index is -0.0619. The van der Waals surface area contributed by atoms with Crippen molar-refractivity contribution in [1.82, 2.24) is 15.2 Å². The lowest BCUT2D eigenvalue weighted by molar-refractivity contribution is -0.136. The third kappa shape index (κ3) is 5.95. The molecule has 1 N–H and O–H groups in total. The standard InChI is InChI=1S/C25H27N3O3S/c29-24(13-16-31-21-9-5-2-6-10-21)28-14-11-20(12-15-28)25(30)26-17-23-27-22(18-32-23)19-7-3-1-4-8-19/h1-10,18,20H,11-17H2,(H,26,30). The van der Waals surface area contributed by atoms with Gasteiger partial charge in [-0.25, -0.2) is 4.98 Å². The number of aromatic nitrogens is 1. The Morgan fingerprint density at radius 1 is 1.03 bits per heavy atom. The van der Waals surface area contributed by atoms with Crippen molar-refractivity contribution >= 4 is 23.2 Å². The first kappa shape index (κ1) is 22.0. The Balaban J connectivity index is 1.17. The summed E-state index contributed by atoms with van der Waals surface area (Å²) < 4.78 is 5.61. The molecular weight excluding hydrogens is 422 g/mol. The fourth-order valence-electron chi connectivity index (χ4n) is 3.76. The molecule has 0 unspecified atom stereocenters. The molecule has 0 aliphatic carbocycles. The van der Waals surface area contributed by atoms with Crippen molar-refractivity contribution in [2.45, 2.75) is 25.8 Å². The van der Waals surface area contributed by atoms with E-state index in [9.17, 15) is 9.59 Å². The largest absolute Gasteiger partial charge is 0.493 e. The number of carbonyl (C=O) groups is 2. The molecule has 2 heterocycles. The molecule has 1 aliphatic heterocycles. The molecule has 2 amide bonds. The number of rotatable bonds is 8. The lowest BCUT2D eigenvalue weighted by Gasteiger charge is -2.31. The third-order valence-corrected chi connectivity index (χ3v) is 6.43. The Morgan fingerprint density at radius 2 is 1.72 bits per heavy atom. The average Bonchev–Trinajstić information content (AvgIpc) is 3.33. The van der Waals surface area contributed by atoms with E-state index in [1.54, 1.807) is 11.3 Å². The predicted octanol–water partition coefficient (Wildman–Crippen LogP) is 4.13. The lowest BCUT2D eigenvalue weighted by atomic mass is 9.95. The van der Waals surface area contributed by atoms with Gasteiger partial charge in [-0.3, -0.25) is 9.59 Å². The van der Waals surface area contributed by atoms with Gasteiger partial charge in [0.1, 0.15) is 10.8 Å². The van der Waals surface area contributed by atoms with E-state index in [0.29, 0.717) is 45.5 Å². The number of nitrogens with zero attached hydrogens (tertiary/aromatic N) is 2. The van der Waals surface area contributed by atoms with E-state index in [1.807, 2.05) is 70.9 Å². The molecule has 1 aromatic heterocycles. The molecule has 1 fully saturated rings. The molecule has 3 aromatic rings. The first-order chi connectivity index (χ1) is 15.7. The molecular formula is C25H27N3O3S. The van der Waals surface area contributed by atoms with Crippen LogP contribution in [0.3, 0.4) is 0 Å². The molecule has 0 radical (unpaired) electrons. The first-order valence-electron chi connectivity index (χ1n) is 10.9. The van der Waals surface area contributed by atoms with Crippen molar-refractivity contribution in [2.24, 2.45) is 5.92 Å². The normalized spacial score (nSPS) is 14.2. The molecule has 32 heavy (non-hydrogen) atoms. The van der Waals surface area contributed by atoms with Crippen LogP contribution in [0.15, 0.2) is 66.0 Å². The maximum Gasteiger partial charge on any atom is 0.225 e. The zero-order valence-corrected chi connectivity index (χ0v) is 18.7. The summed E-state index contributed by atoms with van der Waals surface area (Å²) >= 11 is 1.55. The second kappa shape index (κ2) is 10.9. The number of benzene rings is 2. The van der Waals surface area contributed by atoms with Crippen LogP contribution in [0.5, 0.6) is 5.75 Å². The highest BCUT2D eigenvalue weighted by Gasteiger charge is 2.27. The second-order valence-electron chi connectivity index (χ2n) is 7.78. The molecule has 0 bridgehead atoms. The molecule has 166 valence electrons. The first-order valence-corrected chi connectivity index (χ1v) is 11.8. The Bertz CT molecular complexity index is 1020. The van der Waals surface area contributed by atoms with E-state index in [1.165, 1.54) is 0 Å². The highest BCUT2D eigenvalue weighted by atomic mass is 32.1. The van der Waals surface area contributed by atoms with Crippen LogP contribution in [-0.4, -0.2) is 41.4 Å². The van der Waals surface area contributed by atoms with Crippen LogP contribution < -0.4 is 10.1 Å². The van der Waals surface area contributed by atoms with Crippen LogP contribution in [-0.2, 0) is 16.1 Å². The highest BCUT2D eigenvalue weighted by molar-refractivity contribution is 7.09. The van der Waals surface area contributed by atoms with Crippen molar-refractivity contribution in [3.8, 4) is 17.0 Å². The van der Waals surface area contributed by atoms with Crippen molar-refractivity contribution in [2.75, 3.05) is 19.7 Å². The zero-order valence-electron chi connectivity index (χ0n) is 17.9. The fourth-order valence-corrected chi connectivity index (χ4v) is 4.51. The minimum absolute atomic E-state index is 0.0426. The zero-order chi connectivity index (χ0) is 22.2. The van der Waals surface area contributed by atoms with Crippen LogP contribution in [0.1, 0.15) is 24.3 Å².